The molecule has 1 aromatic rings. The smallest absolute Gasteiger partial charge is 0.219 e. The lowest BCUT2D eigenvalue weighted by Crippen LogP contribution is -2.38. The van der Waals surface area contributed by atoms with Crippen LogP contribution in [-0.4, -0.2) is 29.9 Å². The summed E-state index contributed by atoms with van der Waals surface area (Å²) in [5.41, 5.74) is 1.04. The summed E-state index contributed by atoms with van der Waals surface area (Å²) in [6.07, 6.45) is 2.25. The zero-order valence-corrected chi connectivity index (χ0v) is 12.6. The van der Waals surface area contributed by atoms with Crippen molar-refractivity contribution in [1.82, 2.24) is 10.2 Å². The van der Waals surface area contributed by atoms with Gasteiger partial charge in [-0.1, -0.05) is 29.8 Å². The van der Waals surface area contributed by atoms with Crippen molar-refractivity contribution >= 4 is 17.5 Å². The maximum absolute atomic E-state index is 12.0. The normalized spacial score (nSPS) is 28.4. The second-order valence-electron chi connectivity index (χ2n) is 6.04. The van der Waals surface area contributed by atoms with E-state index in [9.17, 15) is 4.79 Å². The van der Waals surface area contributed by atoms with Gasteiger partial charge in [-0.25, -0.2) is 0 Å². The van der Waals surface area contributed by atoms with Gasteiger partial charge in [-0.2, -0.15) is 0 Å². The van der Waals surface area contributed by atoms with E-state index in [4.69, 9.17) is 11.6 Å². The number of fused-ring (bicyclic) bond motifs is 1. The van der Waals surface area contributed by atoms with Crippen LogP contribution in [0.15, 0.2) is 24.3 Å². The van der Waals surface area contributed by atoms with Gasteiger partial charge < -0.3 is 10.2 Å². The standard InChI is InChI=1S/C16H21ClN2O/c1-11(20)19(10-12-4-2-3-5-16(12)17)15-6-13-8-18-9-14(13)7-15/h2-5,13-15,18H,6-10H2,1H3. The van der Waals surface area contributed by atoms with E-state index in [0.29, 0.717) is 12.6 Å². The highest BCUT2D eigenvalue weighted by Crippen LogP contribution is 2.37. The first kappa shape index (κ1) is 13.9. The summed E-state index contributed by atoms with van der Waals surface area (Å²) in [6, 6.07) is 8.18. The van der Waals surface area contributed by atoms with Gasteiger partial charge in [-0.15, -0.1) is 0 Å². The molecule has 20 heavy (non-hydrogen) atoms. The molecule has 1 heterocycles. The van der Waals surface area contributed by atoms with Crippen molar-refractivity contribution in [3.8, 4) is 0 Å². The number of amides is 1. The van der Waals surface area contributed by atoms with E-state index in [0.717, 1.165) is 48.4 Å². The maximum Gasteiger partial charge on any atom is 0.219 e. The quantitative estimate of drug-likeness (QED) is 0.929. The molecule has 0 aromatic heterocycles. The van der Waals surface area contributed by atoms with Gasteiger partial charge >= 0.3 is 0 Å². The summed E-state index contributed by atoms with van der Waals surface area (Å²) >= 11 is 6.23. The molecule has 3 nitrogen and oxygen atoms in total. The summed E-state index contributed by atoms with van der Waals surface area (Å²) in [7, 11) is 0. The van der Waals surface area contributed by atoms with Crippen molar-refractivity contribution in [2.45, 2.75) is 32.4 Å². The molecule has 3 rings (SSSR count). The monoisotopic (exact) mass is 292 g/mol. The highest BCUT2D eigenvalue weighted by molar-refractivity contribution is 6.31. The fourth-order valence-corrected chi connectivity index (χ4v) is 3.89. The van der Waals surface area contributed by atoms with E-state index < -0.39 is 0 Å². The number of hydrogen-bond acceptors (Lipinski definition) is 2. The molecular weight excluding hydrogens is 272 g/mol. The third-order valence-corrected chi connectivity index (χ3v) is 5.14. The molecule has 1 aliphatic carbocycles. The second-order valence-corrected chi connectivity index (χ2v) is 6.45. The van der Waals surface area contributed by atoms with Gasteiger partial charge in [-0.05, 0) is 49.4 Å². The topological polar surface area (TPSA) is 32.3 Å². The lowest BCUT2D eigenvalue weighted by Gasteiger charge is -2.29. The fourth-order valence-electron chi connectivity index (χ4n) is 3.70. The minimum absolute atomic E-state index is 0.155. The van der Waals surface area contributed by atoms with Gasteiger partial charge in [0, 0.05) is 24.5 Å². The molecule has 2 fully saturated rings. The molecule has 1 aliphatic heterocycles. The van der Waals surface area contributed by atoms with Crippen molar-refractivity contribution < 1.29 is 4.79 Å². The van der Waals surface area contributed by atoms with Gasteiger partial charge in [0.25, 0.3) is 0 Å². The van der Waals surface area contributed by atoms with Crippen LogP contribution in [0.1, 0.15) is 25.3 Å². The Hall–Kier alpha value is -1.06. The van der Waals surface area contributed by atoms with Crippen molar-refractivity contribution in [2.75, 3.05) is 13.1 Å². The van der Waals surface area contributed by atoms with Crippen LogP contribution in [0, 0.1) is 11.8 Å². The van der Waals surface area contributed by atoms with E-state index in [1.54, 1.807) is 6.92 Å². The summed E-state index contributed by atoms with van der Waals surface area (Å²) in [4.78, 5) is 14.0. The third-order valence-electron chi connectivity index (χ3n) is 4.77. The molecule has 2 aliphatic rings. The van der Waals surface area contributed by atoms with E-state index in [1.807, 2.05) is 29.2 Å². The van der Waals surface area contributed by atoms with Gasteiger partial charge in [0.1, 0.15) is 0 Å². The van der Waals surface area contributed by atoms with Crippen molar-refractivity contribution in [3.05, 3.63) is 34.9 Å². The minimum atomic E-state index is 0.155. The first-order valence-corrected chi connectivity index (χ1v) is 7.74. The van der Waals surface area contributed by atoms with E-state index >= 15 is 0 Å². The zero-order chi connectivity index (χ0) is 14.1. The number of halogens is 1. The van der Waals surface area contributed by atoms with E-state index in [1.165, 1.54) is 0 Å². The summed E-state index contributed by atoms with van der Waals surface area (Å²) < 4.78 is 0. The van der Waals surface area contributed by atoms with Crippen molar-refractivity contribution in [3.63, 3.8) is 0 Å². The average molecular weight is 293 g/mol. The Labute approximate surface area is 125 Å². The van der Waals surface area contributed by atoms with Gasteiger partial charge in [-0.3, -0.25) is 4.79 Å². The van der Waals surface area contributed by atoms with Crippen LogP contribution >= 0.6 is 11.6 Å². The number of carbonyl (C=O) groups is 1. The average Bonchev–Trinajstić information content (AvgIpc) is 2.98. The van der Waals surface area contributed by atoms with Crippen LogP contribution < -0.4 is 5.32 Å². The zero-order valence-electron chi connectivity index (χ0n) is 11.8. The Morgan fingerprint density at radius 3 is 2.55 bits per heavy atom. The van der Waals surface area contributed by atoms with Crippen molar-refractivity contribution in [1.29, 1.82) is 0 Å². The molecule has 1 aromatic carbocycles. The predicted octanol–water partition coefficient (Wildman–Crippen LogP) is 2.69. The number of carbonyl (C=O) groups excluding carboxylic acids is 1. The number of nitrogens with zero attached hydrogens (tertiary/aromatic N) is 1. The van der Waals surface area contributed by atoms with Crippen LogP contribution in [0.3, 0.4) is 0 Å². The first-order chi connectivity index (χ1) is 9.65. The van der Waals surface area contributed by atoms with Gasteiger partial charge in [0.05, 0.1) is 0 Å². The molecule has 0 spiro atoms. The summed E-state index contributed by atoms with van der Waals surface area (Å²) in [5.74, 6) is 1.64. The predicted molar refractivity (Wildman–Crippen MR) is 80.5 cm³/mol. The number of rotatable bonds is 3. The Balaban J connectivity index is 1.74. The highest BCUT2D eigenvalue weighted by atomic mass is 35.5. The maximum atomic E-state index is 12.0. The third kappa shape index (κ3) is 2.70. The van der Waals surface area contributed by atoms with Crippen LogP contribution in [0.2, 0.25) is 5.02 Å². The molecule has 2 unspecified atom stereocenters. The van der Waals surface area contributed by atoms with E-state index in [-0.39, 0.29) is 5.91 Å². The Bertz CT molecular complexity index is 493. The summed E-state index contributed by atoms with van der Waals surface area (Å²) in [6.45, 7) is 4.52. The van der Waals surface area contributed by atoms with Crippen LogP contribution in [0.5, 0.6) is 0 Å². The molecule has 1 amide bonds. The molecule has 2 atom stereocenters. The first-order valence-electron chi connectivity index (χ1n) is 7.36. The second kappa shape index (κ2) is 5.74. The van der Waals surface area contributed by atoms with Gasteiger partial charge in [0.2, 0.25) is 5.91 Å². The van der Waals surface area contributed by atoms with Crippen LogP contribution in [-0.2, 0) is 11.3 Å². The van der Waals surface area contributed by atoms with E-state index in [2.05, 4.69) is 5.32 Å². The molecule has 0 bridgehead atoms. The molecule has 4 heteroatoms. The molecule has 0 radical (unpaired) electrons. The number of benzene rings is 1. The number of hydrogen-bond donors (Lipinski definition) is 1. The Morgan fingerprint density at radius 1 is 1.30 bits per heavy atom. The minimum Gasteiger partial charge on any atom is -0.336 e. The molecular formula is C16H21ClN2O. The largest absolute Gasteiger partial charge is 0.336 e. The lowest BCUT2D eigenvalue weighted by molar-refractivity contribution is -0.131. The number of nitrogens with one attached hydrogen (secondary N) is 1. The fraction of sp³-hybridized carbons (Fsp3) is 0.562. The molecule has 1 N–H and O–H groups in total. The lowest BCUT2D eigenvalue weighted by atomic mass is 10.0. The SMILES string of the molecule is CC(=O)N(Cc1ccccc1Cl)C1CC2CNCC2C1. The Kier molecular flexibility index (Phi) is 3.99. The Morgan fingerprint density at radius 2 is 1.95 bits per heavy atom. The summed E-state index contributed by atoms with van der Waals surface area (Å²) in [5, 5.41) is 4.20. The van der Waals surface area contributed by atoms with Crippen LogP contribution in [0.25, 0.3) is 0 Å². The molecule has 1 saturated carbocycles. The van der Waals surface area contributed by atoms with Gasteiger partial charge in [0.15, 0.2) is 0 Å². The van der Waals surface area contributed by atoms with Crippen LogP contribution in [0.4, 0.5) is 0 Å². The highest BCUT2D eigenvalue weighted by Gasteiger charge is 2.40. The molecule has 108 valence electrons. The molecule has 1 saturated heterocycles. The van der Waals surface area contributed by atoms with Crippen molar-refractivity contribution in [2.24, 2.45) is 11.8 Å².